The second kappa shape index (κ2) is 5.00. The first kappa shape index (κ1) is 11.0. The molecule has 14 heavy (non-hydrogen) atoms. The molecule has 1 unspecified atom stereocenters. The lowest BCUT2D eigenvalue weighted by molar-refractivity contribution is 0.402. The van der Waals surface area contributed by atoms with Crippen LogP contribution in [0.1, 0.15) is 12.6 Å². The van der Waals surface area contributed by atoms with Gasteiger partial charge >= 0.3 is 0 Å². The van der Waals surface area contributed by atoms with Gasteiger partial charge in [0.1, 0.15) is 0 Å². The number of hydrogen-bond donors (Lipinski definition) is 1. The van der Waals surface area contributed by atoms with Crippen LogP contribution in [-0.4, -0.2) is 30.5 Å². The molecule has 0 saturated heterocycles. The van der Waals surface area contributed by atoms with Crippen molar-refractivity contribution in [2.45, 2.75) is 13.3 Å². The molecule has 1 atom stereocenters. The Morgan fingerprint density at radius 2 is 2.36 bits per heavy atom. The Labute approximate surface area is 85.3 Å². The molecule has 0 aliphatic heterocycles. The normalized spacial score (nSPS) is 12.9. The number of aryl methyl sites for hydroxylation is 1. The fourth-order valence-corrected chi connectivity index (χ4v) is 1.60. The SMILES string of the molecule is CNCC(C)Cc1c(OC)cnn1C. The largest absolute Gasteiger partial charge is 0.493 e. The summed E-state index contributed by atoms with van der Waals surface area (Å²) >= 11 is 0. The van der Waals surface area contributed by atoms with Gasteiger partial charge in [-0.3, -0.25) is 4.68 Å². The zero-order valence-electron chi connectivity index (χ0n) is 9.37. The van der Waals surface area contributed by atoms with Crippen molar-refractivity contribution in [3.63, 3.8) is 0 Å². The fourth-order valence-electron chi connectivity index (χ4n) is 1.60. The van der Waals surface area contributed by atoms with Crippen LogP contribution in [0.2, 0.25) is 0 Å². The summed E-state index contributed by atoms with van der Waals surface area (Å²) in [5.41, 5.74) is 1.16. The highest BCUT2D eigenvalue weighted by atomic mass is 16.5. The van der Waals surface area contributed by atoms with Crippen LogP contribution in [-0.2, 0) is 13.5 Å². The minimum Gasteiger partial charge on any atom is -0.493 e. The molecule has 0 aromatic carbocycles. The molecule has 1 aromatic rings. The van der Waals surface area contributed by atoms with Crippen LogP contribution in [0.4, 0.5) is 0 Å². The molecule has 0 radical (unpaired) electrons. The van der Waals surface area contributed by atoms with Gasteiger partial charge < -0.3 is 10.1 Å². The molecular formula is C10H19N3O. The summed E-state index contributed by atoms with van der Waals surface area (Å²) < 4.78 is 7.12. The fraction of sp³-hybridized carbons (Fsp3) is 0.700. The van der Waals surface area contributed by atoms with Crippen LogP contribution in [0.25, 0.3) is 0 Å². The second-order valence-corrected chi connectivity index (χ2v) is 3.65. The van der Waals surface area contributed by atoms with Gasteiger partial charge in [-0.1, -0.05) is 6.92 Å². The molecule has 0 spiro atoms. The number of ether oxygens (including phenoxy) is 1. The molecule has 1 N–H and O–H groups in total. The van der Waals surface area contributed by atoms with Gasteiger partial charge in [0, 0.05) is 7.05 Å². The summed E-state index contributed by atoms with van der Waals surface area (Å²) in [7, 11) is 5.60. The topological polar surface area (TPSA) is 39.1 Å². The molecule has 4 nitrogen and oxygen atoms in total. The van der Waals surface area contributed by atoms with Gasteiger partial charge in [-0.15, -0.1) is 0 Å². The summed E-state index contributed by atoms with van der Waals surface area (Å²) in [4.78, 5) is 0. The summed E-state index contributed by atoms with van der Waals surface area (Å²) in [6.07, 6.45) is 2.75. The van der Waals surface area contributed by atoms with Crippen LogP contribution in [0.3, 0.4) is 0 Å². The number of hydrogen-bond acceptors (Lipinski definition) is 3. The third-order valence-electron chi connectivity index (χ3n) is 2.34. The number of rotatable bonds is 5. The lowest BCUT2D eigenvalue weighted by Crippen LogP contribution is -2.19. The van der Waals surface area contributed by atoms with E-state index in [2.05, 4.69) is 17.3 Å². The predicted octanol–water partition coefficient (Wildman–Crippen LogP) is 0.827. The Morgan fingerprint density at radius 3 is 2.93 bits per heavy atom. The van der Waals surface area contributed by atoms with E-state index in [0.29, 0.717) is 5.92 Å². The average molecular weight is 197 g/mol. The third-order valence-corrected chi connectivity index (χ3v) is 2.34. The highest BCUT2D eigenvalue weighted by molar-refractivity contribution is 5.25. The maximum atomic E-state index is 5.24. The standard InChI is InChI=1S/C10H19N3O/c1-8(6-11-2)5-9-10(14-4)7-12-13(9)3/h7-8,11H,5-6H2,1-4H3. The zero-order valence-corrected chi connectivity index (χ0v) is 9.37. The van der Waals surface area contributed by atoms with Crippen molar-refractivity contribution < 1.29 is 4.74 Å². The van der Waals surface area contributed by atoms with Crippen molar-refractivity contribution >= 4 is 0 Å². The van der Waals surface area contributed by atoms with Gasteiger partial charge in [0.15, 0.2) is 5.75 Å². The van der Waals surface area contributed by atoms with Crippen LogP contribution >= 0.6 is 0 Å². The van der Waals surface area contributed by atoms with E-state index < -0.39 is 0 Å². The van der Waals surface area contributed by atoms with Crippen LogP contribution in [0, 0.1) is 5.92 Å². The van der Waals surface area contributed by atoms with E-state index in [0.717, 1.165) is 24.4 Å². The van der Waals surface area contributed by atoms with E-state index in [-0.39, 0.29) is 0 Å². The average Bonchev–Trinajstić information content (AvgIpc) is 2.48. The summed E-state index contributed by atoms with van der Waals surface area (Å²) in [6, 6.07) is 0. The van der Waals surface area contributed by atoms with Gasteiger partial charge in [0.05, 0.1) is 19.0 Å². The van der Waals surface area contributed by atoms with Crippen molar-refractivity contribution in [1.82, 2.24) is 15.1 Å². The first-order valence-electron chi connectivity index (χ1n) is 4.88. The van der Waals surface area contributed by atoms with Crippen molar-refractivity contribution in [3.8, 4) is 5.75 Å². The highest BCUT2D eigenvalue weighted by Crippen LogP contribution is 2.19. The predicted molar refractivity (Wildman–Crippen MR) is 56.6 cm³/mol. The Bertz CT molecular complexity index is 283. The van der Waals surface area contributed by atoms with Crippen molar-refractivity contribution in [3.05, 3.63) is 11.9 Å². The molecule has 0 amide bonds. The van der Waals surface area contributed by atoms with Gasteiger partial charge in [-0.25, -0.2) is 0 Å². The molecule has 4 heteroatoms. The first-order valence-corrected chi connectivity index (χ1v) is 4.88. The molecular weight excluding hydrogens is 178 g/mol. The van der Waals surface area contributed by atoms with Crippen molar-refractivity contribution in [1.29, 1.82) is 0 Å². The summed E-state index contributed by atoms with van der Waals surface area (Å²) in [6.45, 7) is 3.22. The Morgan fingerprint density at radius 1 is 1.64 bits per heavy atom. The quantitative estimate of drug-likeness (QED) is 0.760. The number of nitrogens with zero attached hydrogens (tertiary/aromatic N) is 2. The smallest absolute Gasteiger partial charge is 0.159 e. The highest BCUT2D eigenvalue weighted by Gasteiger charge is 2.12. The molecule has 0 aliphatic carbocycles. The van der Waals surface area contributed by atoms with Gasteiger partial charge in [0.25, 0.3) is 0 Å². The summed E-state index contributed by atoms with van der Waals surface area (Å²) in [5.74, 6) is 1.47. The Kier molecular flexibility index (Phi) is 3.95. The van der Waals surface area contributed by atoms with E-state index in [1.54, 1.807) is 13.3 Å². The number of methoxy groups -OCH3 is 1. The summed E-state index contributed by atoms with van der Waals surface area (Å²) in [5, 5.41) is 7.34. The molecule has 0 fully saturated rings. The van der Waals surface area contributed by atoms with Crippen molar-refractivity contribution in [2.75, 3.05) is 20.7 Å². The van der Waals surface area contributed by atoms with Crippen LogP contribution in [0.5, 0.6) is 5.75 Å². The Hall–Kier alpha value is -1.03. The zero-order chi connectivity index (χ0) is 10.6. The molecule has 1 heterocycles. The maximum absolute atomic E-state index is 5.24. The third kappa shape index (κ3) is 2.48. The minimum absolute atomic E-state index is 0.587. The molecule has 1 rings (SSSR count). The van der Waals surface area contributed by atoms with Gasteiger partial charge in [-0.05, 0) is 25.9 Å². The van der Waals surface area contributed by atoms with E-state index in [9.17, 15) is 0 Å². The van der Waals surface area contributed by atoms with Gasteiger partial charge in [-0.2, -0.15) is 5.10 Å². The minimum atomic E-state index is 0.587. The molecule has 80 valence electrons. The number of aromatic nitrogens is 2. The molecule has 0 bridgehead atoms. The second-order valence-electron chi connectivity index (χ2n) is 3.65. The van der Waals surface area contributed by atoms with Gasteiger partial charge in [0.2, 0.25) is 0 Å². The lowest BCUT2D eigenvalue weighted by Gasteiger charge is -2.11. The molecule has 0 aliphatic rings. The molecule has 1 aromatic heterocycles. The van der Waals surface area contributed by atoms with E-state index in [4.69, 9.17) is 4.74 Å². The van der Waals surface area contributed by atoms with E-state index >= 15 is 0 Å². The van der Waals surface area contributed by atoms with Crippen LogP contribution < -0.4 is 10.1 Å². The van der Waals surface area contributed by atoms with Crippen LogP contribution in [0.15, 0.2) is 6.20 Å². The molecule has 0 saturated carbocycles. The maximum Gasteiger partial charge on any atom is 0.159 e. The lowest BCUT2D eigenvalue weighted by atomic mass is 10.1. The van der Waals surface area contributed by atoms with Crippen molar-refractivity contribution in [2.24, 2.45) is 13.0 Å². The monoisotopic (exact) mass is 197 g/mol. The van der Waals surface area contributed by atoms with E-state index in [1.165, 1.54) is 0 Å². The van der Waals surface area contributed by atoms with E-state index in [1.807, 2.05) is 18.8 Å². The number of nitrogens with one attached hydrogen (secondary N) is 1. The Balaban J connectivity index is 2.68. The first-order chi connectivity index (χ1) is 6.69.